The summed E-state index contributed by atoms with van der Waals surface area (Å²) in [6.07, 6.45) is 6.45. The third-order valence-electron chi connectivity index (χ3n) is 3.37. The molecule has 0 aromatic heterocycles. The second kappa shape index (κ2) is 9.56. The summed E-state index contributed by atoms with van der Waals surface area (Å²) in [6.45, 7) is 1.84. The number of hydrogen-bond acceptors (Lipinski definition) is 4. The van der Waals surface area contributed by atoms with Gasteiger partial charge in [0.2, 0.25) is 5.91 Å². The zero-order valence-corrected chi connectivity index (χ0v) is 17.7. The van der Waals surface area contributed by atoms with Gasteiger partial charge >= 0.3 is 0 Å². The lowest BCUT2D eigenvalue weighted by Crippen LogP contribution is -2.15. The molecule has 2 aromatic rings. The third kappa shape index (κ3) is 6.10. The Morgan fingerprint density at radius 3 is 2.37 bits per heavy atom. The molecule has 0 saturated carbocycles. The third-order valence-corrected chi connectivity index (χ3v) is 5.49. The number of sulfonamides is 1. The first-order valence-electron chi connectivity index (χ1n) is 7.92. The second-order valence-corrected chi connectivity index (χ2v) is 8.25. The molecule has 0 unspecified atom stereocenters. The van der Waals surface area contributed by atoms with Crippen LogP contribution in [-0.2, 0) is 14.8 Å². The molecule has 0 bridgehead atoms. The quantitative estimate of drug-likeness (QED) is 0.341. The maximum absolute atomic E-state index is 12.8. The molecule has 2 aromatic carbocycles. The van der Waals surface area contributed by atoms with Gasteiger partial charge in [0, 0.05) is 21.0 Å². The number of carbonyl (C=O) groups is 1. The standard InChI is InChI=1S/C19H19IN2O4S/c1-3-4-5-6-19(23)21-16-11-12-17(26-2)18(13-16)27(24,25)22-15-9-7-14(20)8-10-15/h3-13,22H,1-2H3,(H,21,23)/b4-3+,6-5+. The highest BCUT2D eigenvalue weighted by molar-refractivity contribution is 14.1. The van der Waals surface area contributed by atoms with Gasteiger partial charge in [-0.15, -0.1) is 0 Å². The average Bonchev–Trinajstić information content (AvgIpc) is 2.63. The molecule has 0 fully saturated rings. The molecule has 0 saturated heterocycles. The van der Waals surface area contributed by atoms with Crippen molar-refractivity contribution in [3.05, 3.63) is 70.3 Å². The predicted octanol–water partition coefficient (Wildman–Crippen LogP) is 4.17. The molecule has 6 nitrogen and oxygen atoms in total. The van der Waals surface area contributed by atoms with Gasteiger partial charge in [0.15, 0.2) is 0 Å². The van der Waals surface area contributed by atoms with Gasteiger partial charge in [-0.3, -0.25) is 9.52 Å². The van der Waals surface area contributed by atoms with E-state index in [-0.39, 0.29) is 16.6 Å². The van der Waals surface area contributed by atoms with Crippen LogP contribution in [0.15, 0.2) is 71.7 Å². The summed E-state index contributed by atoms with van der Waals surface area (Å²) in [6, 6.07) is 11.4. The van der Waals surface area contributed by atoms with Crippen molar-refractivity contribution < 1.29 is 17.9 Å². The van der Waals surface area contributed by atoms with Gasteiger partial charge in [0.05, 0.1) is 7.11 Å². The van der Waals surface area contributed by atoms with Gasteiger partial charge in [-0.1, -0.05) is 18.2 Å². The fourth-order valence-electron chi connectivity index (χ4n) is 2.13. The van der Waals surface area contributed by atoms with E-state index in [0.717, 1.165) is 3.57 Å². The van der Waals surface area contributed by atoms with Crippen LogP contribution in [0, 0.1) is 3.57 Å². The minimum absolute atomic E-state index is 0.0706. The van der Waals surface area contributed by atoms with E-state index in [2.05, 4.69) is 32.6 Å². The SMILES string of the molecule is C/C=C/C=C/C(=O)Nc1ccc(OC)c(S(=O)(=O)Nc2ccc(I)cc2)c1. The fraction of sp³-hybridized carbons (Fsp3) is 0.105. The Morgan fingerprint density at radius 1 is 1.07 bits per heavy atom. The van der Waals surface area contributed by atoms with E-state index >= 15 is 0 Å². The number of carbonyl (C=O) groups excluding carboxylic acids is 1. The van der Waals surface area contributed by atoms with Gasteiger partial charge in [-0.05, 0) is 72.0 Å². The Hall–Kier alpha value is -2.33. The van der Waals surface area contributed by atoms with Gasteiger partial charge < -0.3 is 10.1 Å². The number of hydrogen-bond donors (Lipinski definition) is 2. The second-order valence-electron chi connectivity index (χ2n) is 5.35. The van der Waals surface area contributed by atoms with Crippen molar-refractivity contribution in [3.8, 4) is 5.75 Å². The molecular weight excluding hydrogens is 479 g/mol. The number of nitrogens with one attached hydrogen (secondary N) is 2. The predicted molar refractivity (Wildman–Crippen MR) is 116 cm³/mol. The van der Waals surface area contributed by atoms with Crippen molar-refractivity contribution in [2.24, 2.45) is 0 Å². The molecule has 0 heterocycles. The summed E-state index contributed by atoms with van der Waals surface area (Å²) >= 11 is 2.14. The maximum Gasteiger partial charge on any atom is 0.265 e. The first-order chi connectivity index (χ1) is 12.9. The topological polar surface area (TPSA) is 84.5 Å². The Kier molecular flexibility index (Phi) is 7.43. The van der Waals surface area contributed by atoms with Crippen LogP contribution in [0.2, 0.25) is 0 Å². The number of amides is 1. The Balaban J connectivity index is 2.30. The van der Waals surface area contributed by atoms with E-state index in [1.807, 2.05) is 6.92 Å². The van der Waals surface area contributed by atoms with Crippen molar-refractivity contribution in [1.29, 1.82) is 0 Å². The molecule has 2 rings (SSSR count). The number of benzene rings is 2. The first kappa shape index (κ1) is 21.0. The number of anilines is 2. The zero-order valence-electron chi connectivity index (χ0n) is 14.8. The molecule has 0 aliphatic heterocycles. The Labute approximate surface area is 172 Å². The summed E-state index contributed by atoms with van der Waals surface area (Å²) in [5.74, 6) is -0.192. The van der Waals surface area contributed by atoms with Gasteiger partial charge in [0.1, 0.15) is 10.6 Å². The van der Waals surface area contributed by atoms with Crippen LogP contribution in [0.3, 0.4) is 0 Å². The summed E-state index contributed by atoms with van der Waals surface area (Å²) in [5.41, 5.74) is 0.773. The van der Waals surface area contributed by atoms with E-state index in [1.165, 1.54) is 25.3 Å². The van der Waals surface area contributed by atoms with E-state index < -0.39 is 10.0 Å². The largest absolute Gasteiger partial charge is 0.495 e. The molecule has 0 aliphatic rings. The van der Waals surface area contributed by atoms with Crippen LogP contribution in [0.1, 0.15) is 6.92 Å². The lowest BCUT2D eigenvalue weighted by Gasteiger charge is -2.13. The molecule has 2 N–H and O–H groups in total. The van der Waals surface area contributed by atoms with Crippen molar-refractivity contribution in [1.82, 2.24) is 0 Å². The van der Waals surface area contributed by atoms with Crippen LogP contribution in [0.25, 0.3) is 0 Å². The molecule has 0 radical (unpaired) electrons. The van der Waals surface area contributed by atoms with Crippen molar-refractivity contribution >= 4 is 49.9 Å². The van der Waals surface area contributed by atoms with Crippen LogP contribution in [0.5, 0.6) is 5.75 Å². The Bertz CT molecular complexity index is 968. The van der Waals surface area contributed by atoms with Crippen LogP contribution >= 0.6 is 22.6 Å². The summed E-state index contributed by atoms with van der Waals surface area (Å²) < 4.78 is 34.2. The number of ether oxygens (including phenoxy) is 1. The highest BCUT2D eigenvalue weighted by Gasteiger charge is 2.20. The van der Waals surface area contributed by atoms with Gasteiger partial charge in [0.25, 0.3) is 10.0 Å². The number of methoxy groups -OCH3 is 1. The minimum atomic E-state index is -3.91. The first-order valence-corrected chi connectivity index (χ1v) is 10.5. The minimum Gasteiger partial charge on any atom is -0.495 e. The van der Waals surface area contributed by atoms with Crippen LogP contribution in [0.4, 0.5) is 11.4 Å². The lowest BCUT2D eigenvalue weighted by molar-refractivity contribution is -0.111. The zero-order chi connectivity index (χ0) is 19.9. The van der Waals surface area contributed by atoms with Crippen molar-refractivity contribution in [2.75, 3.05) is 17.1 Å². The molecule has 0 atom stereocenters. The van der Waals surface area contributed by atoms with Crippen LogP contribution in [-0.4, -0.2) is 21.4 Å². The summed E-state index contributed by atoms with van der Waals surface area (Å²) in [5, 5.41) is 2.63. The fourth-order valence-corrected chi connectivity index (χ4v) is 3.74. The Morgan fingerprint density at radius 2 is 1.74 bits per heavy atom. The smallest absolute Gasteiger partial charge is 0.265 e. The van der Waals surface area contributed by atoms with E-state index in [0.29, 0.717) is 11.4 Å². The highest BCUT2D eigenvalue weighted by atomic mass is 127. The van der Waals surface area contributed by atoms with E-state index in [9.17, 15) is 13.2 Å². The summed E-state index contributed by atoms with van der Waals surface area (Å²) in [4.78, 5) is 11.8. The number of halogens is 1. The van der Waals surface area contributed by atoms with E-state index in [4.69, 9.17) is 4.74 Å². The van der Waals surface area contributed by atoms with E-state index in [1.54, 1.807) is 48.6 Å². The molecular formula is C19H19IN2O4S. The molecule has 142 valence electrons. The van der Waals surface area contributed by atoms with Gasteiger partial charge in [-0.2, -0.15) is 0 Å². The molecule has 1 amide bonds. The molecule has 27 heavy (non-hydrogen) atoms. The summed E-state index contributed by atoms with van der Waals surface area (Å²) in [7, 11) is -2.52. The highest BCUT2D eigenvalue weighted by Crippen LogP contribution is 2.29. The normalized spacial score (nSPS) is 11.7. The van der Waals surface area contributed by atoms with Crippen molar-refractivity contribution in [3.63, 3.8) is 0 Å². The number of allylic oxidation sites excluding steroid dienone is 3. The van der Waals surface area contributed by atoms with Crippen molar-refractivity contribution in [2.45, 2.75) is 11.8 Å². The van der Waals surface area contributed by atoms with Gasteiger partial charge in [-0.25, -0.2) is 8.42 Å². The maximum atomic E-state index is 12.8. The average molecular weight is 498 g/mol. The molecule has 8 heteroatoms. The lowest BCUT2D eigenvalue weighted by atomic mass is 10.3. The molecule has 0 spiro atoms. The monoisotopic (exact) mass is 498 g/mol. The van der Waals surface area contributed by atoms with Crippen LogP contribution < -0.4 is 14.8 Å². The molecule has 0 aliphatic carbocycles. The number of rotatable bonds is 7.